The molecule has 0 bridgehead atoms. The number of carbonyl (C=O) groups excluding carboxylic acids is 3. The lowest BCUT2D eigenvalue weighted by Gasteiger charge is -2.31. The standard InChI is InChI=1S/C19H32N2O7/c1-18(2,3)27-16(25)21(17(26)28-19(4,5)6)13(15(23)24)11-9-10-12-14(22)20(7)8/h10,12-13H,9,11H2,1-8H3,(H,23,24)/b12-10+. The molecule has 9 nitrogen and oxygen atoms in total. The van der Waals surface area contributed by atoms with Gasteiger partial charge in [-0.25, -0.2) is 14.4 Å². The van der Waals surface area contributed by atoms with Crippen LogP contribution in [0.2, 0.25) is 0 Å². The Morgan fingerprint density at radius 1 is 0.929 bits per heavy atom. The molecule has 1 N–H and O–H groups in total. The predicted octanol–water partition coefficient (Wildman–Crippen LogP) is 3.04. The van der Waals surface area contributed by atoms with Gasteiger partial charge in [0.2, 0.25) is 5.91 Å². The van der Waals surface area contributed by atoms with E-state index >= 15 is 0 Å². The molecule has 0 spiro atoms. The molecule has 0 aromatic rings. The van der Waals surface area contributed by atoms with Crippen molar-refractivity contribution in [2.45, 2.75) is 71.6 Å². The Morgan fingerprint density at radius 3 is 1.68 bits per heavy atom. The smallest absolute Gasteiger partial charge is 0.420 e. The van der Waals surface area contributed by atoms with E-state index in [4.69, 9.17) is 9.47 Å². The maximum absolute atomic E-state index is 12.5. The van der Waals surface area contributed by atoms with Crippen molar-refractivity contribution in [1.82, 2.24) is 9.80 Å². The molecule has 9 heteroatoms. The highest BCUT2D eigenvalue weighted by Crippen LogP contribution is 2.19. The fourth-order valence-corrected chi connectivity index (χ4v) is 1.90. The summed E-state index contributed by atoms with van der Waals surface area (Å²) in [5, 5.41) is 9.58. The van der Waals surface area contributed by atoms with Crippen molar-refractivity contribution in [3.8, 4) is 0 Å². The summed E-state index contributed by atoms with van der Waals surface area (Å²) in [7, 11) is 3.17. The minimum atomic E-state index is -1.51. The van der Waals surface area contributed by atoms with Crippen LogP contribution in [0.25, 0.3) is 0 Å². The average Bonchev–Trinajstić information content (AvgIpc) is 2.45. The van der Waals surface area contributed by atoms with Crippen LogP contribution in [0.5, 0.6) is 0 Å². The van der Waals surface area contributed by atoms with E-state index in [0.717, 1.165) is 0 Å². The highest BCUT2D eigenvalue weighted by atomic mass is 16.6. The second-order valence-corrected chi connectivity index (χ2v) is 8.40. The van der Waals surface area contributed by atoms with Crippen LogP contribution in [0.15, 0.2) is 12.2 Å². The number of hydrogen-bond donors (Lipinski definition) is 1. The van der Waals surface area contributed by atoms with Crippen molar-refractivity contribution in [2.75, 3.05) is 14.1 Å². The molecule has 0 radical (unpaired) electrons. The molecule has 0 saturated heterocycles. The monoisotopic (exact) mass is 400 g/mol. The van der Waals surface area contributed by atoms with E-state index in [9.17, 15) is 24.3 Å². The topological polar surface area (TPSA) is 113 Å². The molecule has 3 amide bonds. The molecule has 160 valence electrons. The van der Waals surface area contributed by atoms with E-state index in [1.165, 1.54) is 17.1 Å². The Kier molecular flexibility index (Phi) is 9.17. The van der Waals surface area contributed by atoms with Crippen LogP contribution < -0.4 is 0 Å². The first-order chi connectivity index (χ1) is 12.5. The molecule has 28 heavy (non-hydrogen) atoms. The number of likely N-dealkylation sites (N-methyl/N-ethyl adjacent to an activating group) is 1. The fraction of sp³-hybridized carbons (Fsp3) is 0.684. The number of rotatable bonds is 6. The molecular weight excluding hydrogens is 368 g/mol. The van der Waals surface area contributed by atoms with Gasteiger partial charge in [0.1, 0.15) is 17.2 Å². The summed E-state index contributed by atoms with van der Waals surface area (Å²) in [6, 6.07) is -1.51. The second-order valence-electron chi connectivity index (χ2n) is 8.40. The summed E-state index contributed by atoms with van der Waals surface area (Å²) < 4.78 is 10.4. The van der Waals surface area contributed by atoms with Crippen LogP contribution >= 0.6 is 0 Å². The number of carbonyl (C=O) groups is 4. The van der Waals surface area contributed by atoms with E-state index in [-0.39, 0.29) is 18.7 Å². The number of ether oxygens (including phenoxy) is 2. The van der Waals surface area contributed by atoms with Gasteiger partial charge in [0.25, 0.3) is 0 Å². The molecule has 1 unspecified atom stereocenters. The SMILES string of the molecule is CN(C)C(=O)/C=C/CCC(C(=O)O)N(C(=O)OC(C)(C)C)C(=O)OC(C)(C)C. The van der Waals surface area contributed by atoms with Crippen molar-refractivity contribution < 1.29 is 33.8 Å². The van der Waals surface area contributed by atoms with Gasteiger partial charge < -0.3 is 19.5 Å². The largest absolute Gasteiger partial charge is 0.480 e. The van der Waals surface area contributed by atoms with E-state index in [1.54, 1.807) is 55.6 Å². The van der Waals surface area contributed by atoms with E-state index in [0.29, 0.717) is 4.90 Å². The Hall–Kier alpha value is -2.58. The highest BCUT2D eigenvalue weighted by molar-refractivity contribution is 5.93. The molecule has 0 aliphatic rings. The molecule has 0 aliphatic heterocycles. The first kappa shape index (κ1) is 25.4. The molecule has 0 aromatic carbocycles. The number of carboxylic acids is 1. The number of nitrogens with zero attached hydrogens (tertiary/aromatic N) is 2. The van der Waals surface area contributed by atoms with Gasteiger partial charge in [-0.1, -0.05) is 6.08 Å². The Morgan fingerprint density at radius 2 is 1.36 bits per heavy atom. The van der Waals surface area contributed by atoms with Crippen molar-refractivity contribution in [3.63, 3.8) is 0 Å². The van der Waals surface area contributed by atoms with Crippen molar-refractivity contribution in [2.24, 2.45) is 0 Å². The first-order valence-corrected chi connectivity index (χ1v) is 8.91. The normalized spacial score (nSPS) is 13.0. The fourth-order valence-electron chi connectivity index (χ4n) is 1.90. The van der Waals surface area contributed by atoms with Crippen LogP contribution in [0.4, 0.5) is 9.59 Å². The number of amides is 3. The lowest BCUT2D eigenvalue weighted by Crippen LogP contribution is -2.51. The first-order valence-electron chi connectivity index (χ1n) is 8.91. The summed E-state index contributed by atoms with van der Waals surface area (Å²) in [6.45, 7) is 9.60. The Labute approximate surface area is 166 Å². The zero-order valence-corrected chi connectivity index (χ0v) is 17.9. The van der Waals surface area contributed by atoms with Crippen LogP contribution in [0.3, 0.4) is 0 Å². The van der Waals surface area contributed by atoms with E-state index in [2.05, 4.69) is 0 Å². The zero-order valence-electron chi connectivity index (χ0n) is 17.9. The van der Waals surface area contributed by atoms with Crippen LogP contribution in [-0.2, 0) is 19.1 Å². The predicted molar refractivity (Wildman–Crippen MR) is 103 cm³/mol. The average molecular weight is 400 g/mol. The van der Waals surface area contributed by atoms with E-state index in [1.807, 2.05) is 0 Å². The van der Waals surface area contributed by atoms with Crippen molar-refractivity contribution in [3.05, 3.63) is 12.2 Å². The number of allylic oxidation sites excluding steroid dienone is 1. The maximum Gasteiger partial charge on any atom is 0.420 e. The highest BCUT2D eigenvalue weighted by Gasteiger charge is 2.39. The molecule has 0 saturated carbocycles. The van der Waals surface area contributed by atoms with Gasteiger partial charge in [0, 0.05) is 14.1 Å². The van der Waals surface area contributed by atoms with Crippen molar-refractivity contribution >= 4 is 24.1 Å². The van der Waals surface area contributed by atoms with Gasteiger partial charge in [-0.2, -0.15) is 4.90 Å². The van der Waals surface area contributed by atoms with Gasteiger partial charge in [-0.15, -0.1) is 0 Å². The van der Waals surface area contributed by atoms with Crippen LogP contribution in [-0.4, -0.2) is 70.3 Å². The zero-order chi connectivity index (χ0) is 22.3. The lowest BCUT2D eigenvalue weighted by atomic mass is 10.1. The van der Waals surface area contributed by atoms with Gasteiger partial charge >= 0.3 is 18.2 Å². The molecule has 0 aromatic heterocycles. The summed E-state index contributed by atoms with van der Waals surface area (Å²) in [5.41, 5.74) is -1.86. The number of imide groups is 1. The molecule has 0 heterocycles. The summed E-state index contributed by atoms with van der Waals surface area (Å²) in [4.78, 5) is 50.2. The molecular formula is C19H32N2O7. The third-order valence-electron chi connectivity index (χ3n) is 3.09. The minimum Gasteiger partial charge on any atom is -0.480 e. The lowest BCUT2D eigenvalue weighted by molar-refractivity contribution is -0.143. The molecule has 0 aliphatic carbocycles. The molecule has 0 rings (SSSR count). The maximum atomic E-state index is 12.5. The quantitative estimate of drug-likeness (QED) is 0.682. The Bertz CT molecular complexity index is 585. The minimum absolute atomic E-state index is 0.106. The van der Waals surface area contributed by atoms with Gasteiger partial charge in [0.15, 0.2) is 0 Å². The van der Waals surface area contributed by atoms with E-state index < -0.39 is 35.4 Å². The van der Waals surface area contributed by atoms with Gasteiger partial charge in [-0.05, 0) is 60.5 Å². The number of aliphatic carboxylic acids is 1. The van der Waals surface area contributed by atoms with Crippen molar-refractivity contribution in [1.29, 1.82) is 0 Å². The molecule has 0 fully saturated rings. The van der Waals surface area contributed by atoms with Gasteiger partial charge in [0.05, 0.1) is 0 Å². The summed E-state index contributed by atoms with van der Waals surface area (Å²) >= 11 is 0. The summed E-state index contributed by atoms with van der Waals surface area (Å²) in [6.07, 6.45) is 0.610. The van der Waals surface area contributed by atoms with Crippen LogP contribution in [0.1, 0.15) is 54.4 Å². The number of hydrogen-bond acceptors (Lipinski definition) is 6. The van der Waals surface area contributed by atoms with Crippen LogP contribution in [0, 0.1) is 0 Å². The number of carboxylic acid groups (broad SMARTS) is 1. The van der Waals surface area contributed by atoms with Gasteiger partial charge in [-0.3, -0.25) is 4.79 Å². The third kappa shape index (κ3) is 9.94. The second kappa shape index (κ2) is 10.1. The Balaban J connectivity index is 5.56. The summed E-state index contributed by atoms with van der Waals surface area (Å²) in [5.74, 6) is -1.65. The third-order valence-corrected chi connectivity index (χ3v) is 3.09. The molecule has 1 atom stereocenters.